The fourth-order valence-electron chi connectivity index (χ4n) is 1.16. The smallest absolute Gasteiger partial charge is 0.493 e. The van der Waals surface area contributed by atoms with Crippen molar-refractivity contribution >= 4 is 19.9 Å². The number of carbonyl (C=O) groups is 1. The summed E-state index contributed by atoms with van der Waals surface area (Å²) in [7, 11) is -3.37. The predicted molar refractivity (Wildman–Crippen MR) is 62.3 cm³/mol. The van der Waals surface area contributed by atoms with Crippen LogP contribution in [0.1, 0.15) is 5.56 Å². The second kappa shape index (κ2) is 5.68. The van der Waals surface area contributed by atoms with E-state index in [1.165, 1.54) is 31.4 Å². The van der Waals surface area contributed by atoms with Gasteiger partial charge in [-0.15, -0.1) is 0 Å². The van der Waals surface area contributed by atoms with Gasteiger partial charge in [0.05, 0.1) is 7.11 Å². The molecule has 0 aromatic heterocycles. The predicted octanol–water partition coefficient (Wildman–Crippen LogP) is 1.26. The summed E-state index contributed by atoms with van der Waals surface area (Å²) >= 11 is 0. The zero-order valence-corrected chi connectivity index (χ0v) is 10.2. The summed E-state index contributed by atoms with van der Waals surface area (Å²) in [6, 6.07) is 4.11. The molecule has 98 valence electrons. The van der Waals surface area contributed by atoms with Gasteiger partial charge in [0, 0.05) is 6.08 Å². The molecule has 0 aliphatic heterocycles. The topological polar surface area (TPSA) is 113 Å². The van der Waals surface area contributed by atoms with Crippen LogP contribution >= 0.6 is 7.82 Å². The Morgan fingerprint density at radius 2 is 2.00 bits per heavy atom. The molecule has 0 unspecified atom stereocenters. The minimum atomic E-state index is -4.67. The molecular formula is C10H11O7P. The second-order valence-electron chi connectivity index (χ2n) is 3.16. The number of benzene rings is 1. The number of methoxy groups -OCH3 is 1. The third-order valence-electron chi connectivity index (χ3n) is 1.82. The van der Waals surface area contributed by atoms with Crippen LogP contribution in [0.5, 0.6) is 11.5 Å². The van der Waals surface area contributed by atoms with E-state index in [4.69, 9.17) is 19.6 Å². The van der Waals surface area contributed by atoms with Crippen molar-refractivity contribution in [2.45, 2.75) is 0 Å². The van der Waals surface area contributed by atoms with Gasteiger partial charge in [-0.3, -0.25) is 9.79 Å². The highest BCUT2D eigenvalue weighted by molar-refractivity contribution is 7.46. The van der Waals surface area contributed by atoms with E-state index >= 15 is 0 Å². The van der Waals surface area contributed by atoms with Gasteiger partial charge in [-0.1, -0.05) is 6.07 Å². The molecule has 0 amide bonds. The first kappa shape index (κ1) is 14.2. The molecule has 0 saturated heterocycles. The number of ether oxygens (including phenoxy) is 1. The average Bonchev–Trinajstić information content (AvgIpc) is 2.25. The summed E-state index contributed by atoms with van der Waals surface area (Å²) in [4.78, 5) is 27.7. The minimum Gasteiger partial charge on any atom is -0.493 e. The van der Waals surface area contributed by atoms with Crippen LogP contribution in [0.4, 0.5) is 0 Å². The molecule has 0 heterocycles. The van der Waals surface area contributed by atoms with Gasteiger partial charge in [0.15, 0.2) is 11.5 Å². The zero-order chi connectivity index (χ0) is 13.8. The quantitative estimate of drug-likeness (QED) is 0.547. The van der Waals surface area contributed by atoms with Crippen molar-refractivity contribution in [1.82, 2.24) is 0 Å². The molecule has 3 N–H and O–H groups in total. The number of hydrogen-bond acceptors (Lipinski definition) is 4. The van der Waals surface area contributed by atoms with Crippen LogP contribution in [-0.2, 0) is 9.36 Å². The molecular weight excluding hydrogens is 263 g/mol. The van der Waals surface area contributed by atoms with Crippen LogP contribution in [-0.4, -0.2) is 28.0 Å². The van der Waals surface area contributed by atoms with E-state index in [2.05, 4.69) is 4.52 Å². The van der Waals surface area contributed by atoms with E-state index in [1.54, 1.807) is 0 Å². The molecule has 0 saturated carbocycles. The third kappa shape index (κ3) is 4.58. The highest BCUT2D eigenvalue weighted by Gasteiger charge is 2.18. The zero-order valence-electron chi connectivity index (χ0n) is 9.31. The maximum atomic E-state index is 10.7. The average molecular weight is 274 g/mol. The van der Waals surface area contributed by atoms with E-state index in [-0.39, 0.29) is 11.5 Å². The number of phosphoric ester groups is 1. The molecule has 0 atom stereocenters. The monoisotopic (exact) mass is 274 g/mol. The van der Waals surface area contributed by atoms with Crippen molar-refractivity contribution < 1.29 is 33.5 Å². The molecule has 0 aliphatic carbocycles. The first-order chi connectivity index (χ1) is 8.31. The van der Waals surface area contributed by atoms with Crippen molar-refractivity contribution in [1.29, 1.82) is 0 Å². The number of phosphoric acid groups is 1. The Morgan fingerprint density at radius 1 is 1.33 bits per heavy atom. The summed E-state index contributed by atoms with van der Waals surface area (Å²) in [5, 5.41) is 8.46. The molecule has 1 aromatic carbocycles. The number of hydrogen-bond donors (Lipinski definition) is 3. The fraction of sp³-hybridized carbons (Fsp3) is 0.100. The van der Waals surface area contributed by atoms with Crippen molar-refractivity contribution in [3.05, 3.63) is 29.8 Å². The minimum absolute atomic E-state index is 0.0888. The fourth-order valence-corrected chi connectivity index (χ4v) is 1.57. The number of carboxylic acids is 1. The Hall–Kier alpha value is -1.82. The van der Waals surface area contributed by atoms with E-state index in [9.17, 15) is 9.36 Å². The Balaban J connectivity index is 3.04. The number of aliphatic carboxylic acids is 1. The maximum Gasteiger partial charge on any atom is 0.524 e. The van der Waals surface area contributed by atoms with Gasteiger partial charge in [0.2, 0.25) is 0 Å². The molecule has 7 nitrogen and oxygen atoms in total. The van der Waals surface area contributed by atoms with E-state index in [0.29, 0.717) is 5.56 Å². The third-order valence-corrected chi connectivity index (χ3v) is 2.26. The number of rotatable bonds is 5. The standard InChI is InChI=1S/C10H11O7P/c1-16-9-6-7(3-5-10(11)12)2-4-8(9)17-18(13,14)15/h2-6H,1H3,(H,11,12)(H2,13,14,15)/b5-3+. The van der Waals surface area contributed by atoms with Crippen LogP contribution in [0, 0.1) is 0 Å². The molecule has 0 radical (unpaired) electrons. The second-order valence-corrected chi connectivity index (χ2v) is 4.33. The lowest BCUT2D eigenvalue weighted by Crippen LogP contribution is -1.94. The van der Waals surface area contributed by atoms with Crippen molar-refractivity contribution in [2.24, 2.45) is 0 Å². The van der Waals surface area contributed by atoms with Crippen molar-refractivity contribution in [3.63, 3.8) is 0 Å². The molecule has 1 aromatic rings. The molecule has 8 heteroatoms. The number of carboxylic acid groups (broad SMARTS) is 1. The lowest BCUT2D eigenvalue weighted by Gasteiger charge is -2.11. The summed E-state index contributed by atoms with van der Waals surface area (Å²) < 4.78 is 20.0. The van der Waals surface area contributed by atoms with Gasteiger partial charge in [-0.05, 0) is 23.8 Å². The van der Waals surface area contributed by atoms with Gasteiger partial charge in [0.1, 0.15) is 0 Å². The summed E-state index contributed by atoms with van der Waals surface area (Å²) in [6.45, 7) is 0. The molecule has 0 aliphatic rings. The Labute approximate surface area is 103 Å². The van der Waals surface area contributed by atoms with Crippen LogP contribution in [0.2, 0.25) is 0 Å². The van der Waals surface area contributed by atoms with Crippen molar-refractivity contribution in [2.75, 3.05) is 7.11 Å². The van der Waals surface area contributed by atoms with Crippen LogP contribution in [0.15, 0.2) is 24.3 Å². The van der Waals surface area contributed by atoms with Crippen molar-refractivity contribution in [3.8, 4) is 11.5 Å². The lowest BCUT2D eigenvalue weighted by molar-refractivity contribution is -0.131. The summed E-state index contributed by atoms with van der Waals surface area (Å²) in [5.41, 5.74) is 0.493. The molecule has 0 bridgehead atoms. The van der Waals surface area contributed by atoms with E-state index in [1.807, 2.05) is 0 Å². The highest BCUT2D eigenvalue weighted by Crippen LogP contribution is 2.42. The van der Waals surface area contributed by atoms with Crippen LogP contribution in [0.25, 0.3) is 6.08 Å². The summed E-state index contributed by atoms with van der Waals surface area (Å²) in [5.74, 6) is -1.14. The van der Waals surface area contributed by atoms with Gasteiger partial charge < -0.3 is 14.4 Å². The highest BCUT2D eigenvalue weighted by atomic mass is 31.2. The van der Waals surface area contributed by atoms with Gasteiger partial charge in [-0.2, -0.15) is 0 Å². The lowest BCUT2D eigenvalue weighted by atomic mass is 10.2. The van der Waals surface area contributed by atoms with Gasteiger partial charge >= 0.3 is 13.8 Å². The molecule has 0 fully saturated rings. The Morgan fingerprint density at radius 3 is 2.50 bits per heavy atom. The van der Waals surface area contributed by atoms with Gasteiger partial charge in [0.25, 0.3) is 0 Å². The molecule has 18 heavy (non-hydrogen) atoms. The largest absolute Gasteiger partial charge is 0.524 e. The van der Waals surface area contributed by atoms with E-state index < -0.39 is 13.8 Å². The summed E-state index contributed by atoms with van der Waals surface area (Å²) in [6.07, 6.45) is 2.24. The van der Waals surface area contributed by atoms with E-state index in [0.717, 1.165) is 6.08 Å². The van der Waals surface area contributed by atoms with Gasteiger partial charge in [-0.25, -0.2) is 9.36 Å². The normalized spacial score (nSPS) is 11.5. The van der Waals surface area contributed by atoms with Crippen LogP contribution < -0.4 is 9.26 Å². The Kier molecular flexibility index (Phi) is 4.49. The first-order valence-electron chi connectivity index (χ1n) is 4.66. The SMILES string of the molecule is COc1cc(/C=C/C(=O)O)ccc1OP(=O)(O)O. The van der Waals surface area contributed by atoms with Crippen LogP contribution in [0.3, 0.4) is 0 Å². The molecule has 1 rings (SSSR count). The first-order valence-corrected chi connectivity index (χ1v) is 6.19. The maximum absolute atomic E-state index is 10.7. The molecule has 0 spiro atoms. The Bertz CT molecular complexity index is 517.